The molecule has 1 fully saturated rings. The first-order valence-electron chi connectivity index (χ1n) is 10.2. The third kappa shape index (κ3) is 3.85. The van der Waals surface area contributed by atoms with Crippen LogP contribution in [-0.4, -0.2) is 29.9 Å². The van der Waals surface area contributed by atoms with Gasteiger partial charge in [-0.2, -0.15) is 4.73 Å². The molecule has 1 aliphatic rings. The third-order valence-corrected chi connectivity index (χ3v) is 7.12. The van der Waals surface area contributed by atoms with Crippen molar-refractivity contribution >= 4 is 26.8 Å². The molecule has 0 unspecified atom stereocenters. The molecule has 0 radical (unpaired) electrons. The molecular weight excluding hydrogens is 444 g/mol. The van der Waals surface area contributed by atoms with Crippen molar-refractivity contribution < 1.29 is 17.9 Å². The number of carbonyl (C=O) groups excluding carboxylic acids is 1. The Kier molecular flexibility index (Phi) is 4.94. The van der Waals surface area contributed by atoms with Gasteiger partial charge >= 0.3 is 0 Å². The van der Waals surface area contributed by atoms with E-state index in [1.807, 2.05) is 0 Å². The van der Waals surface area contributed by atoms with E-state index in [2.05, 4.69) is 10.3 Å². The van der Waals surface area contributed by atoms with Crippen LogP contribution in [0, 0.1) is 5.21 Å². The van der Waals surface area contributed by atoms with Gasteiger partial charge in [-0.05, 0) is 49.2 Å². The van der Waals surface area contributed by atoms with Gasteiger partial charge in [0.1, 0.15) is 16.1 Å². The first kappa shape index (κ1) is 20.8. The molecule has 166 valence electrons. The van der Waals surface area contributed by atoms with Crippen molar-refractivity contribution in [3.63, 3.8) is 0 Å². The van der Waals surface area contributed by atoms with Gasteiger partial charge in [-0.25, -0.2) is 13.4 Å². The first-order valence-corrected chi connectivity index (χ1v) is 11.7. The highest BCUT2D eigenvalue weighted by Gasteiger charge is 2.26. The minimum absolute atomic E-state index is 0.0436. The van der Waals surface area contributed by atoms with Crippen molar-refractivity contribution in [3.05, 3.63) is 94.3 Å². The number of rotatable bonds is 5. The maximum atomic E-state index is 13.1. The van der Waals surface area contributed by atoms with E-state index in [0.29, 0.717) is 10.4 Å². The van der Waals surface area contributed by atoms with Gasteiger partial charge in [0, 0.05) is 30.2 Å². The summed E-state index contributed by atoms with van der Waals surface area (Å²) in [5, 5.41) is 14.6. The number of hydrogen-bond acceptors (Lipinski definition) is 6. The first-order chi connectivity index (χ1) is 15.8. The summed E-state index contributed by atoms with van der Waals surface area (Å²) in [6.07, 6.45) is 6.82. The van der Waals surface area contributed by atoms with E-state index in [1.165, 1.54) is 47.4 Å². The lowest BCUT2D eigenvalue weighted by atomic mass is 10.1. The summed E-state index contributed by atoms with van der Waals surface area (Å²) in [7, 11) is -3.98. The second-order valence-electron chi connectivity index (χ2n) is 7.76. The molecule has 5 rings (SSSR count). The largest absolute Gasteiger partial charge is 0.619 e. The second kappa shape index (κ2) is 7.82. The maximum absolute atomic E-state index is 13.1. The Bertz CT molecular complexity index is 1580. The van der Waals surface area contributed by atoms with Crippen LogP contribution in [0.1, 0.15) is 23.2 Å². The summed E-state index contributed by atoms with van der Waals surface area (Å²) < 4.78 is 28.1. The lowest BCUT2D eigenvalue weighted by Gasteiger charge is -2.14. The molecule has 1 aromatic carbocycles. The van der Waals surface area contributed by atoms with E-state index < -0.39 is 21.2 Å². The molecule has 0 saturated heterocycles. The predicted octanol–water partition coefficient (Wildman–Crippen LogP) is 1.74. The zero-order chi connectivity index (χ0) is 23.2. The standard InChI is InChI=1S/C23H18N4O5S/c28-21-19-7-2-10-24-22(19)27(14-20(21)23(29)25-15-8-9-15)16-4-1-5-17(12-16)33(31,32)18-6-3-11-26(30)13-18/h1-7,10-15H,8-9H2,(H,25,29). The average molecular weight is 462 g/mol. The molecule has 9 nitrogen and oxygen atoms in total. The number of fused-ring (bicyclic) bond motifs is 1. The van der Waals surface area contributed by atoms with E-state index in [4.69, 9.17) is 0 Å². The lowest BCUT2D eigenvalue weighted by molar-refractivity contribution is -0.607. The molecule has 1 saturated carbocycles. The van der Waals surface area contributed by atoms with Gasteiger partial charge in [0.25, 0.3) is 5.91 Å². The molecule has 4 aromatic rings. The Balaban J connectivity index is 1.68. The van der Waals surface area contributed by atoms with Crippen molar-refractivity contribution in [3.8, 4) is 5.69 Å². The van der Waals surface area contributed by atoms with Crippen molar-refractivity contribution in [2.45, 2.75) is 28.7 Å². The fraction of sp³-hybridized carbons (Fsp3) is 0.130. The number of benzene rings is 1. The minimum Gasteiger partial charge on any atom is -0.619 e. The highest BCUT2D eigenvalue weighted by atomic mass is 32.2. The minimum atomic E-state index is -3.98. The second-order valence-corrected chi connectivity index (χ2v) is 9.71. The fourth-order valence-corrected chi connectivity index (χ4v) is 4.85. The summed E-state index contributed by atoms with van der Waals surface area (Å²) >= 11 is 0. The molecule has 1 N–H and O–H groups in total. The zero-order valence-corrected chi connectivity index (χ0v) is 18.0. The van der Waals surface area contributed by atoms with Gasteiger partial charge in [0.2, 0.25) is 15.3 Å². The zero-order valence-electron chi connectivity index (χ0n) is 17.2. The molecule has 33 heavy (non-hydrogen) atoms. The Labute approximate surface area is 188 Å². The third-order valence-electron chi connectivity index (χ3n) is 5.38. The van der Waals surface area contributed by atoms with Gasteiger partial charge in [-0.1, -0.05) is 6.07 Å². The topological polar surface area (TPSA) is 125 Å². The highest BCUT2D eigenvalue weighted by Crippen LogP contribution is 2.24. The number of pyridine rings is 3. The monoisotopic (exact) mass is 462 g/mol. The van der Waals surface area contributed by atoms with Crippen molar-refractivity contribution in [1.82, 2.24) is 14.9 Å². The smallest absolute Gasteiger partial charge is 0.257 e. The van der Waals surface area contributed by atoms with Gasteiger partial charge in [-0.15, -0.1) is 0 Å². The number of amides is 1. The van der Waals surface area contributed by atoms with Crippen molar-refractivity contribution in [2.75, 3.05) is 0 Å². The quantitative estimate of drug-likeness (QED) is 0.356. The Morgan fingerprint density at radius 1 is 1.12 bits per heavy atom. The van der Waals surface area contributed by atoms with E-state index >= 15 is 0 Å². The molecule has 3 heterocycles. The van der Waals surface area contributed by atoms with Crippen LogP contribution < -0.4 is 15.5 Å². The molecule has 0 atom stereocenters. The van der Waals surface area contributed by atoms with E-state index in [0.717, 1.165) is 19.0 Å². The van der Waals surface area contributed by atoms with E-state index in [-0.39, 0.29) is 32.4 Å². The Hall–Kier alpha value is -4.05. The number of sulfone groups is 1. The van der Waals surface area contributed by atoms with Crippen LogP contribution in [0.3, 0.4) is 0 Å². The normalized spacial score (nSPS) is 13.7. The SMILES string of the molecule is O=C(NC1CC1)c1cn(-c2cccc(S(=O)(=O)c3ccc[n+]([O-])c3)c2)c2ncccc2c1=O. The molecule has 10 heteroatoms. The number of aromatic nitrogens is 3. The van der Waals surface area contributed by atoms with E-state index in [1.54, 1.807) is 24.3 Å². The summed E-state index contributed by atoms with van der Waals surface area (Å²) in [4.78, 5) is 29.8. The molecule has 0 bridgehead atoms. The number of nitrogens with zero attached hydrogens (tertiary/aromatic N) is 3. The molecule has 1 amide bonds. The molecule has 0 aliphatic heterocycles. The van der Waals surface area contributed by atoms with Crippen LogP contribution in [0.2, 0.25) is 0 Å². The van der Waals surface area contributed by atoms with Crippen LogP contribution in [0.15, 0.2) is 87.9 Å². The molecule has 3 aromatic heterocycles. The fourth-order valence-electron chi connectivity index (χ4n) is 3.54. The predicted molar refractivity (Wildman–Crippen MR) is 119 cm³/mol. The van der Waals surface area contributed by atoms with E-state index in [9.17, 15) is 23.2 Å². The number of hydrogen-bond donors (Lipinski definition) is 1. The van der Waals surface area contributed by atoms with Gasteiger partial charge in [0.15, 0.2) is 12.4 Å². The molecule has 0 spiro atoms. The maximum Gasteiger partial charge on any atom is 0.257 e. The highest BCUT2D eigenvalue weighted by molar-refractivity contribution is 7.91. The molecule has 1 aliphatic carbocycles. The number of nitrogens with one attached hydrogen (secondary N) is 1. The van der Waals surface area contributed by atoms with Gasteiger partial charge in [-0.3, -0.25) is 9.59 Å². The summed E-state index contributed by atoms with van der Waals surface area (Å²) in [6.45, 7) is 0. The summed E-state index contributed by atoms with van der Waals surface area (Å²) in [5.41, 5.74) is 0.190. The van der Waals surface area contributed by atoms with Crippen LogP contribution in [0.5, 0.6) is 0 Å². The van der Waals surface area contributed by atoms with Crippen LogP contribution in [0.4, 0.5) is 0 Å². The molecular formula is C23H18N4O5S. The van der Waals surface area contributed by atoms with Crippen LogP contribution in [-0.2, 0) is 9.84 Å². The van der Waals surface area contributed by atoms with Crippen LogP contribution in [0.25, 0.3) is 16.7 Å². The summed E-state index contributed by atoms with van der Waals surface area (Å²) in [6, 6.07) is 12.0. The van der Waals surface area contributed by atoms with Gasteiger partial charge < -0.3 is 15.1 Å². The summed E-state index contributed by atoms with van der Waals surface area (Å²) in [5.74, 6) is -0.477. The Morgan fingerprint density at radius 3 is 2.67 bits per heavy atom. The Morgan fingerprint density at radius 2 is 1.91 bits per heavy atom. The average Bonchev–Trinajstić information content (AvgIpc) is 3.63. The number of carbonyl (C=O) groups is 1. The van der Waals surface area contributed by atoms with Gasteiger partial charge in [0.05, 0.1) is 10.3 Å². The van der Waals surface area contributed by atoms with Crippen molar-refractivity contribution in [1.29, 1.82) is 0 Å². The lowest BCUT2D eigenvalue weighted by Crippen LogP contribution is -2.31. The van der Waals surface area contributed by atoms with Crippen LogP contribution >= 0.6 is 0 Å². The van der Waals surface area contributed by atoms with Crippen molar-refractivity contribution in [2.24, 2.45) is 0 Å².